The van der Waals surface area contributed by atoms with E-state index < -0.39 is 77.4 Å². The van der Waals surface area contributed by atoms with Crippen LogP contribution in [0.4, 0.5) is 50.0 Å². The average Bonchev–Trinajstić information content (AvgIpc) is 2.76. The quantitative estimate of drug-likeness (QED) is 0.393. The molecule has 2 aromatic rings. The third kappa shape index (κ3) is 7.15. The van der Waals surface area contributed by atoms with E-state index in [1.807, 2.05) is 0 Å². The van der Waals surface area contributed by atoms with Gasteiger partial charge in [0, 0.05) is 6.04 Å². The topological polar surface area (TPSA) is 58.6 Å². The van der Waals surface area contributed by atoms with Crippen LogP contribution in [0, 0.1) is 0 Å². The molecule has 0 aliphatic carbocycles. The van der Waals surface area contributed by atoms with Gasteiger partial charge in [0.15, 0.2) is 0 Å². The summed E-state index contributed by atoms with van der Waals surface area (Å²) in [5.74, 6) is -1.03. The van der Waals surface area contributed by atoms with Crippen molar-refractivity contribution in [2.75, 3.05) is 4.90 Å². The van der Waals surface area contributed by atoms with Crippen LogP contribution in [0.15, 0.2) is 36.4 Å². The highest BCUT2D eigenvalue weighted by Crippen LogP contribution is 2.42. The molecule has 1 aliphatic heterocycles. The molecule has 14 heteroatoms. The number of amides is 2. The first kappa shape index (κ1) is 30.1. The van der Waals surface area contributed by atoms with E-state index in [0.717, 1.165) is 23.1 Å². The Hall–Kier alpha value is -3.45. The van der Waals surface area contributed by atoms with Crippen molar-refractivity contribution in [1.82, 2.24) is 5.32 Å². The zero-order valence-corrected chi connectivity index (χ0v) is 20.7. The van der Waals surface area contributed by atoms with Gasteiger partial charge in [-0.15, -0.1) is 0 Å². The molecule has 0 saturated carbocycles. The van der Waals surface area contributed by atoms with Gasteiger partial charge in [0.1, 0.15) is 0 Å². The van der Waals surface area contributed by atoms with Crippen molar-refractivity contribution >= 4 is 17.7 Å². The number of carbonyl (C=O) groups excluding carboxylic acids is 2. The smallest absolute Gasteiger partial charge is 0.416 e. The number of benzene rings is 2. The second kappa shape index (κ2) is 10.6. The molecule has 3 rings (SSSR count). The van der Waals surface area contributed by atoms with E-state index in [1.165, 1.54) is 0 Å². The second-order valence-electron chi connectivity index (χ2n) is 9.37. The lowest BCUT2D eigenvalue weighted by atomic mass is 9.90. The number of halogens is 9. The van der Waals surface area contributed by atoms with E-state index in [2.05, 4.69) is 5.32 Å². The molecule has 39 heavy (non-hydrogen) atoms. The van der Waals surface area contributed by atoms with Gasteiger partial charge in [0.2, 0.25) is 5.91 Å². The molecule has 0 fully saturated rings. The SMILES string of the molecule is CC(C)OC(=O)N1c2ccc(C(F)(F)F)cc2C(NC(=O)Cc2cc(C(F)(F)F)cc(C(F)(F)F)c2)CC1C. The lowest BCUT2D eigenvalue weighted by Crippen LogP contribution is -2.47. The summed E-state index contributed by atoms with van der Waals surface area (Å²) in [6.45, 7) is 4.69. The monoisotopic (exact) mass is 570 g/mol. The van der Waals surface area contributed by atoms with Crippen LogP contribution in [-0.4, -0.2) is 24.1 Å². The van der Waals surface area contributed by atoms with Crippen molar-refractivity contribution in [3.05, 3.63) is 64.2 Å². The Morgan fingerprint density at radius 3 is 1.92 bits per heavy atom. The lowest BCUT2D eigenvalue weighted by Gasteiger charge is -2.39. The minimum Gasteiger partial charge on any atom is -0.446 e. The van der Waals surface area contributed by atoms with Crippen molar-refractivity contribution < 1.29 is 53.8 Å². The summed E-state index contributed by atoms with van der Waals surface area (Å²) in [5, 5.41) is 2.40. The first-order valence-electron chi connectivity index (χ1n) is 11.6. The molecule has 2 amide bonds. The zero-order chi connectivity index (χ0) is 29.5. The maximum atomic E-state index is 13.4. The molecule has 0 aromatic heterocycles. The molecule has 0 spiro atoms. The van der Waals surface area contributed by atoms with Crippen LogP contribution in [-0.2, 0) is 34.5 Å². The number of hydrogen-bond donors (Lipinski definition) is 1. The van der Waals surface area contributed by atoms with Gasteiger partial charge in [-0.1, -0.05) is 0 Å². The summed E-state index contributed by atoms with van der Waals surface area (Å²) in [6.07, 6.45) is -17.4. The van der Waals surface area contributed by atoms with Crippen LogP contribution >= 0.6 is 0 Å². The summed E-state index contributed by atoms with van der Waals surface area (Å²) in [5.41, 5.74) is -4.99. The first-order chi connectivity index (χ1) is 17.8. The minimum absolute atomic E-state index is 0.0103. The van der Waals surface area contributed by atoms with Crippen LogP contribution in [0.25, 0.3) is 0 Å². The number of carbonyl (C=O) groups is 2. The Balaban J connectivity index is 1.96. The number of alkyl halides is 9. The fraction of sp³-hybridized carbons (Fsp3) is 0.440. The van der Waals surface area contributed by atoms with Gasteiger partial charge < -0.3 is 10.1 Å². The Kier molecular flexibility index (Phi) is 8.19. The lowest BCUT2D eigenvalue weighted by molar-refractivity contribution is -0.143. The highest BCUT2D eigenvalue weighted by Gasteiger charge is 2.40. The first-order valence-corrected chi connectivity index (χ1v) is 11.6. The third-order valence-electron chi connectivity index (χ3n) is 5.89. The van der Waals surface area contributed by atoms with E-state index in [9.17, 15) is 49.1 Å². The van der Waals surface area contributed by atoms with Crippen LogP contribution in [0.5, 0.6) is 0 Å². The summed E-state index contributed by atoms with van der Waals surface area (Å²) in [7, 11) is 0. The van der Waals surface area contributed by atoms with E-state index in [-0.39, 0.29) is 23.7 Å². The van der Waals surface area contributed by atoms with Crippen LogP contribution < -0.4 is 10.2 Å². The highest BCUT2D eigenvalue weighted by molar-refractivity contribution is 5.91. The molecular weight excluding hydrogens is 547 g/mol. The number of anilines is 1. The molecule has 0 radical (unpaired) electrons. The standard InChI is InChI=1S/C25H23F9N2O3/c1-12(2)39-22(38)36-13(3)6-19(18-11-15(23(26,27)28)4-5-20(18)36)35-21(37)9-14-7-16(24(29,30)31)10-17(8-14)25(32,33)34/h4-5,7-8,10-13,19H,6,9H2,1-3H3,(H,35,37). The molecule has 214 valence electrons. The molecule has 2 aromatic carbocycles. The Morgan fingerprint density at radius 1 is 0.897 bits per heavy atom. The summed E-state index contributed by atoms with van der Waals surface area (Å²) in [4.78, 5) is 26.6. The molecule has 1 heterocycles. The number of nitrogens with one attached hydrogen (secondary N) is 1. The third-order valence-corrected chi connectivity index (χ3v) is 5.89. The molecule has 1 aliphatic rings. The molecule has 5 nitrogen and oxygen atoms in total. The van der Waals surface area contributed by atoms with Gasteiger partial charge in [0.05, 0.1) is 40.9 Å². The summed E-state index contributed by atoms with van der Waals surface area (Å²) < 4.78 is 124. The molecule has 1 N–H and O–H groups in total. The van der Waals surface area contributed by atoms with E-state index in [0.29, 0.717) is 12.1 Å². The van der Waals surface area contributed by atoms with Gasteiger partial charge in [-0.2, -0.15) is 39.5 Å². The Morgan fingerprint density at radius 2 is 1.44 bits per heavy atom. The summed E-state index contributed by atoms with van der Waals surface area (Å²) in [6, 6.07) is 1.40. The fourth-order valence-corrected chi connectivity index (χ4v) is 4.27. The van der Waals surface area contributed by atoms with Crippen molar-refractivity contribution in [1.29, 1.82) is 0 Å². The Labute approximate surface area is 216 Å². The van der Waals surface area contributed by atoms with Crippen LogP contribution in [0.1, 0.15) is 61.1 Å². The maximum absolute atomic E-state index is 13.4. The largest absolute Gasteiger partial charge is 0.446 e. The van der Waals surface area contributed by atoms with E-state index >= 15 is 0 Å². The average molecular weight is 570 g/mol. The molecule has 0 saturated heterocycles. The van der Waals surface area contributed by atoms with Crippen molar-refractivity contribution in [2.24, 2.45) is 0 Å². The van der Waals surface area contributed by atoms with Gasteiger partial charge >= 0.3 is 24.6 Å². The van der Waals surface area contributed by atoms with Crippen LogP contribution in [0.2, 0.25) is 0 Å². The number of ether oxygens (including phenoxy) is 1. The van der Waals surface area contributed by atoms with Crippen LogP contribution in [0.3, 0.4) is 0 Å². The van der Waals surface area contributed by atoms with E-state index in [4.69, 9.17) is 4.74 Å². The predicted molar refractivity (Wildman–Crippen MR) is 121 cm³/mol. The molecule has 2 unspecified atom stereocenters. The van der Waals surface area contributed by atoms with Gasteiger partial charge in [-0.05, 0) is 74.7 Å². The fourth-order valence-electron chi connectivity index (χ4n) is 4.27. The number of hydrogen-bond acceptors (Lipinski definition) is 3. The number of rotatable bonds is 4. The van der Waals surface area contributed by atoms with Gasteiger partial charge in [-0.25, -0.2) is 4.79 Å². The van der Waals surface area contributed by atoms with Crippen molar-refractivity contribution in [3.63, 3.8) is 0 Å². The number of nitrogens with zero attached hydrogens (tertiary/aromatic N) is 1. The minimum atomic E-state index is -5.12. The predicted octanol–water partition coefficient (Wildman–Crippen LogP) is 7.29. The van der Waals surface area contributed by atoms with Crippen molar-refractivity contribution in [2.45, 2.75) is 70.3 Å². The maximum Gasteiger partial charge on any atom is 0.416 e. The molecular formula is C25H23F9N2O3. The second-order valence-corrected chi connectivity index (χ2v) is 9.37. The molecule has 0 bridgehead atoms. The van der Waals surface area contributed by atoms with E-state index in [1.54, 1.807) is 20.8 Å². The van der Waals surface area contributed by atoms with Crippen molar-refractivity contribution in [3.8, 4) is 0 Å². The Bertz CT molecular complexity index is 1200. The number of fused-ring (bicyclic) bond motifs is 1. The van der Waals surface area contributed by atoms with Gasteiger partial charge in [0.25, 0.3) is 0 Å². The summed E-state index contributed by atoms with van der Waals surface area (Å²) >= 11 is 0. The molecule has 2 atom stereocenters. The normalized spacial score (nSPS) is 18.1. The zero-order valence-electron chi connectivity index (χ0n) is 20.7. The van der Waals surface area contributed by atoms with Gasteiger partial charge in [-0.3, -0.25) is 9.69 Å². The highest BCUT2D eigenvalue weighted by atomic mass is 19.4.